The Hall–Kier alpha value is -3.34. The summed E-state index contributed by atoms with van der Waals surface area (Å²) >= 11 is 0. The van der Waals surface area contributed by atoms with Crippen LogP contribution in [0.4, 0.5) is 15.8 Å². The quantitative estimate of drug-likeness (QED) is 0.549. The maximum atomic E-state index is 14.4. The third-order valence-corrected chi connectivity index (χ3v) is 3.94. The van der Waals surface area contributed by atoms with Gasteiger partial charge in [-0.1, -0.05) is 12.1 Å². The molecule has 5 heteroatoms. The molecule has 3 aromatic carbocycles. The van der Waals surface area contributed by atoms with E-state index in [2.05, 4.69) is 4.98 Å². The van der Waals surface area contributed by atoms with E-state index in [1.807, 2.05) is 18.2 Å². The van der Waals surface area contributed by atoms with E-state index in [0.29, 0.717) is 22.9 Å². The Morgan fingerprint density at radius 2 is 1.54 bits per heavy atom. The molecular weight excluding hydrogens is 303 g/mol. The van der Waals surface area contributed by atoms with Crippen molar-refractivity contribution in [3.05, 3.63) is 72.5 Å². The van der Waals surface area contributed by atoms with Gasteiger partial charge in [0.1, 0.15) is 11.6 Å². The summed E-state index contributed by atoms with van der Waals surface area (Å²) in [6.45, 7) is 0. The van der Waals surface area contributed by atoms with E-state index in [-0.39, 0.29) is 5.82 Å². The van der Waals surface area contributed by atoms with Crippen LogP contribution in [-0.2, 0) is 0 Å². The molecule has 0 aliphatic carbocycles. The minimum absolute atomic E-state index is 0.323. The van der Waals surface area contributed by atoms with Crippen molar-refractivity contribution < 1.29 is 4.39 Å². The fraction of sp³-hybridized carbons (Fsp3) is 0. The number of nitrogens with zero attached hydrogens (tertiary/aromatic N) is 2. The highest BCUT2D eigenvalue weighted by molar-refractivity contribution is 5.85. The second-order valence-corrected chi connectivity index (χ2v) is 5.59. The Morgan fingerprint density at radius 1 is 0.833 bits per heavy atom. The number of halogens is 1. The van der Waals surface area contributed by atoms with Gasteiger partial charge in [0, 0.05) is 16.9 Å². The van der Waals surface area contributed by atoms with Gasteiger partial charge in [-0.05, 0) is 54.6 Å². The number of hydrogen-bond acceptors (Lipinski definition) is 3. The predicted octanol–water partition coefficient (Wildman–Crippen LogP) is 4.00. The van der Waals surface area contributed by atoms with Gasteiger partial charge < -0.3 is 11.5 Å². The molecule has 1 aromatic heterocycles. The number of hydrogen-bond donors (Lipinski definition) is 2. The van der Waals surface area contributed by atoms with Gasteiger partial charge in [-0.25, -0.2) is 9.37 Å². The summed E-state index contributed by atoms with van der Waals surface area (Å²) < 4.78 is 16.2. The van der Waals surface area contributed by atoms with Crippen molar-refractivity contribution in [2.75, 3.05) is 11.5 Å². The maximum Gasteiger partial charge on any atom is 0.147 e. The molecule has 4 aromatic rings. The Morgan fingerprint density at radius 3 is 2.29 bits per heavy atom. The molecule has 0 saturated heterocycles. The number of anilines is 2. The Labute approximate surface area is 138 Å². The molecule has 24 heavy (non-hydrogen) atoms. The van der Waals surface area contributed by atoms with Crippen molar-refractivity contribution in [2.45, 2.75) is 0 Å². The van der Waals surface area contributed by atoms with Crippen LogP contribution in [0, 0.1) is 5.82 Å². The summed E-state index contributed by atoms with van der Waals surface area (Å²) in [6, 6.07) is 19.4. The van der Waals surface area contributed by atoms with E-state index >= 15 is 0 Å². The SMILES string of the molecule is Nc1ccc(-c2nc3ccc(N)cc3n2-c2ccccc2F)cc1. The lowest BCUT2D eigenvalue weighted by molar-refractivity contribution is 0.620. The molecule has 1 heterocycles. The molecule has 4 nitrogen and oxygen atoms in total. The first-order chi connectivity index (χ1) is 11.6. The number of rotatable bonds is 2. The second kappa shape index (κ2) is 5.38. The highest BCUT2D eigenvalue weighted by atomic mass is 19.1. The molecule has 0 aliphatic heterocycles. The van der Waals surface area contributed by atoms with Crippen molar-refractivity contribution in [3.63, 3.8) is 0 Å². The first-order valence-electron chi connectivity index (χ1n) is 7.52. The normalized spacial score (nSPS) is 11.0. The van der Waals surface area contributed by atoms with Crippen molar-refractivity contribution in [2.24, 2.45) is 0 Å². The van der Waals surface area contributed by atoms with Crippen LogP contribution >= 0.6 is 0 Å². The Kier molecular flexibility index (Phi) is 3.20. The number of para-hydroxylation sites is 1. The number of nitrogen functional groups attached to an aromatic ring is 2. The van der Waals surface area contributed by atoms with Crippen LogP contribution < -0.4 is 11.5 Å². The Bertz CT molecular complexity index is 1040. The largest absolute Gasteiger partial charge is 0.399 e. The van der Waals surface area contributed by atoms with Gasteiger partial charge in [-0.2, -0.15) is 0 Å². The summed E-state index contributed by atoms with van der Waals surface area (Å²) in [7, 11) is 0. The molecule has 0 saturated carbocycles. The van der Waals surface area contributed by atoms with E-state index < -0.39 is 0 Å². The minimum Gasteiger partial charge on any atom is -0.399 e. The molecule has 0 fully saturated rings. The zero-order valence-corrected chi connectivity index (χ0v) is 12.8. The van der Waals surface area contributed by atoms with Crippen LogP contribution in [0.2, 0.25) is 0 Å². The summed E-state index contributed by atoms with van der Waals surface area (Å²) in [5, 5.41) is 0. The number of benzene rings is 3. The highest BCUT2D eigenvalue weighted by Gasteiger charge is 2.16. The smallest absolute Gasteiger partial charge is 0.147 e. The Balaban J connectivity index is 2.08. The van der Waals surface area contributed by atoms with Crippen molar-refractivity contribution >= 4 is 22.4 Å². The molecule has 4 rings (SSSR count). The summed E-state index contributed by atoms with van der Waals surface area (Å²) in [6.07, 6.45) is 0. The van der Waals surface area contributed by atoms with Crippen LogP contribution in [0.15, 0.2) is 66.7 Å². The first-order valence-corrected chi connectivity index (χ1v) is 7.52. The summed E-state index contributed by atoms with van der Waals surface area (Å²) in [4.78, 5) is 4.67. The average molecular weight is 318 g/mol. The maximum absolute atomic E-state index is 14.4. The highest BCUT2D eigenvalue weighted by Crippen LogP contribution is 2.31. The van der Waals surface area contributed by atoms with Crippen LogP contribution in [0.3, 0.4) is 0 Å². The first kappa shape index (κ1) is 14.3. The molecule has 118 valence electrons. The molecule has 4 N–H and O–H groups in total. The van der Waals surface area contributed by atoms with Crippen molar-refractivity contribution in [1.29, 1.82) is 0 Å². The number of aromatic nitrogens is 2. The molecule has 0 atom stereocenters. The zero-order valence-electron chi connectivity index (χ0n) is 12.8. The topological polar surface area (TPSA) is 69.9 Å². The van der Waals surface area contributed by atoms with Crippen LogP contribution in [0.5, 0.6) is 0 Å². The lowest BCUT2D eigenvalue weighted by Crippen LogP contribution is -2.00. The predicted molar refractivity (Wildman–Crippen MR) is 95.3 cm³/mol. The van der Waals surface area contributed by atoms with Gasteiger partial charge >= 0.3 is 0 Å². The fourth-order valence-electron chi connectivity index (χ4n) is 2.80. The molecule has 0 unspecified atom stereocenters. The van der Waals surface area contributed by atoms with Gasteiger partial charge in [-0.15, -0.1) is 0 Å². The number of fused-ring (bicyclic) bond motifs is 1. The van der Waals surface area contributed by atoms with Crippen molar-refractivity contribution in [3.8, 4) is 17.1 Å². The second-order valence-electron chi connectivity index (χ2n) is 5.59. The molecule has 0 radical (unpaired) electrons. The van der Waals surface area contributed by atoms with Gasteiger partial charge in [0.2, 0.25) is 0 Å². The average Bonchev–Trinajstić information content (AvgIpc) is 2.94. The number of nitrogens with two attached hydrogens (primary N) is 2. The zero-order chi connectivity index (χ0) is 16.7. The summed E-state index contributed by atoms with van der Waals surface area (Å²) in [5.74, 6) is 0.316. The van der Waals surface area contributed by atoms with Crippen LogP contribution in [0.1, 0.15) is 0 Å². The fourth-order valence-corrected chi connectivity index (χ4v) is 2.80. The molecular formula is C19H15FN4. The van der Waals surface area contributed by atoms with E-state index in [9.17, 15) is 4.39 Å². The molecule has 0 amide bonds. The molecule has 0 bridgehead atoms. The monoisotopic (exact) mass is 318 g/mol. The van der Waals surface area contributed by atoms with Gasteiger partial charge in [0.25, 0.3) is 0 Å². The third kappa shape index (κ3) is 2.27. The summed E-state index contributed by atoms with van der Waals surface area (Å²) in [5.41, 5.74) is 15.7. The lowest BCUT2D eigenvalue weighted by atomic mass is 10.2. The van der Waals surface area contributed by atoms with Gasteiger partial charge in [0.15, 0.2) is 0 Å². The molecule has 0 spiro atoms. The molecule has 0 aliphatic rings. The van der Waals surface area contributed by atoms with E-state index in [0.717, 1.165) is 16.6 Å². The lowest BCUT2D eigenvalue weighted by Gasteiger charge is -2.11. The minimum atomic E-state index is -0.323. The van der Waals surface area contributed by atoms with E-state index in [1.54, 1.807) is 47.0 Å². The number of imidazole rings is 1. The van der Waals surface area contributed by atoms with E-state index in [1.165, 1.54) is 6.07 Å². The third-order valence-electron chi connectivity index (χ3n) is 3.94. The van der Waals surface area contributed by atoms with E-state index in [4.69, 9.17) is 11.5 Å². The van der Waals surface area contributed by atoms with Crippen LogP contribution in [-0.4, -0.2) is 9.55 Å². The standard InChI is InChI=1S/C19H15FN4/c20-15-3-1-2-4-17(15)24-18-11-14(22)9-10-16(18)23-19(24)12-5-7-13(21)8-6-12/h1-11H,21-22H2. The van der Waals surface area contributed by atoms with Gasteiger partial charge in [0.05, 0.1) is 16.7 Å². The van der Waals surface area contributed by atoms with Crippen LogP contribution in [0.25, 0.3) is 28.1 Å². The van der Waals surface area contributed by atoms with Gasteiger partial charge in [-0.3, -0.25) is 4.57 Å². The van der Waals surface area contributed by atoms with Crippen molar-refractivity contribution in [1.82, 2.24) is 9.55 Å².